The minimum absolute atomic E-state index is 0.0664. The summed E-state index contributed by atoms with van der Waals surface area (Å²) in [6.45, 7) is 8.41. The predicted octanol–water partition coefficient (Wildman–Crippen LogP) is 2.00. The van der Waals surface area contributed by atoms with Gasteiger partial charge in [0.1, 0.15) is 11.6 Å². The Bertz CT molecular complexity index is 953. The van der Waals surface area contributed by atoms with Crippen LogP contribution in [0.2, 0.25) is 0 Å². The molecule has 3 amide bonds. The number of amides is 3. The van der Waals surface area contributed by atoms with E-state index in [4.69, 9.17) is 4.74 Å². The van der Waals surface area contributed by atoms with Crippen molar-refractivity contribution >= 4 is 17.7 Å². The lowest BCUT2D eigenvalue weighted by atomic mass is 9.66. The molecule has 3 saturated heterocycles. The first-order valence-corrected chi connectivity index (χ1v) is 12.9. The SMILES string of the molecule is CCCCNC(=O)C1N([C@@H](CO)C(C)C)C(=O)[C@@H]2[C@@H](C(=O)NCc3ccccc3)[C@@]3(C)CCC12O3. The summed E-state index contributed by atoms with van der Waals surface area (Å²) in [6, 6.07) is 8.23. The van der Waals surface area contributed by atoms with Crippen molar-refractivity contribution in [3.63, 3.8) is 0 Å². The number of hydrogen-bond acceptors (Lipinski definition) is 5. The molecule has 1 aromatic rings. The van der Waals surface area contributed by atoms with Gasteiger partial charge in [-0.25, -0.2) is 0 Å². The van der Waals surface area contributed by atoms with Crippen molar-refractivity contribution in [1.29, 1.82) is 0 Å². The van der Waals surface area contributed by atoms with Gasteiger partial charge in [-0.2, -0.15) is 0 Å². The third-order valence-electron chi connectivity index (χ3n) is 8.20. The highest BCUT2D eigenvalue weighted by molar-refractivity contribution is 5.99. The summed E-state index contributed by atoms with van der Waals surface area (Å²) in [5.74, 6) is -2.28. The minimum atomic E-state index is -1.07. The summed E-state index contributed by atoms with van der Waals surface area (Å²) in [7, 11) is 0. The highest BCUT2D eigenvalue weighted by Gasteiger charge is 2.78. The molecule has 8 heteroatoms. The van der Waals surface area contributed by atoms with E-state index < -0.39 is 35.1 Å². The number of carbonyl (C=O) groups is 3. The van der Waals surface area contributed by atoms with E-state index in [1.807, 2.05) is 58.0 Å². The molecule has 3 fully saturated rings. The topological polar surface area (TPSA) is 108 Å². The third kappa shape index (κ3) is 4.25. The van der Waals surface area contributed by atoms with Gasteiger partial charge < -0.3 is 25.4 Å². The van der Waals surface area contributed by atoms with Crippen LogP contribution in [-0.4, -0.2) is 64.2 Å². The third-order valence-corrected chi connectivity index (χ3v) is 8.20. The van der Waals surface area contributed by atoms with Gasteiger partial charge in [-0.3, -0.25) is 14.4 Å². The summed E-state index contributed by atoms with van der Waals surface area (Å²) < 4.78 is 6.61. The van der Waals surface area contributed by atoms with Crippen LogP contribution in [0.15, 0.2) is 30.3 Å². The Hall–Kier alpha value is -2.45. The van der Waals surface area contributed by atoms with Crippen molar-refractivity contribution in [2.75, 3.05) is 13.2 Å². The van der Waals surface area contributed by atoms with Crippen molar-refractivity contribution in [2.24, 2.45) is 17.8 Å². The Kier molecular flexibility index (Phi) is 7.25. The zero-order valence-electron chi connectivity index (χ0n) is 21.3. The molecule has 3 N–H and O–H groups in total. The van der Waals surface area contributed by atoms with E-state index in [0.717, 1.165) is 18.4 Å². The Morgan fingerprint density at radius 1 is 1.17 bits per heavy atom. The number of aliphatic hydroxyl groups is 1. The van der Waals surface area contributed by atoms with Gasteiger partial charge >= 0.3 is 0 Å². The first-order chi connectivity index (χ1) is 16.7. The molecular weight excluding hydrogens is 446 g/mol. The molecular formula is C27H39N3O5. The molecule has 192 valence electrons. The Labute approximate surface area is 207 Å². The van der Waals surface area contributed by atoms with Gasteiger partial charge in [-0.15, -0.1) is 0 Å². The minimum Gasteiger partial charge on any atom is -0.394 e. The number of fused-ring (bicyclic) bond motifs is 1. The fourth-order valence-electron chi connectivity index (χ4n) is 6.42. The van der Waals surface area contributed by atoms with Gasteiger partial charge in [0.05, 0.1) is 30.1 Å². The van der Waals surface area contributed by atoms with E-state index in [9.17, 15) is 19.5 Å². The standard InChI is InChI=1S/C27H39N3O5/c1-5-6-14-28-24(33)22-27-13-12-26(4,35-27)20(23(32)29-15-18-10-8-7-9-11-18)21(27)25(34)30(22)19(16-31)17(2)3/h7-11,17,19-22,31H,5-6,12-16H2,1-4H3,(H,28,33)(H,29,32)/t19-,20-,21-,22?,26+,27?/m0/s1. The summed E-state index contributed by atoms with van der Waals surface area (Å²) in [5, 5.41) is 16.2. The number of unbranched alkanes of at least 4 members (excludes halogenated alkanes) is 1. The van der Waals surface area contributed by atoms with Crippen LogP contribution in [-0.2, 0) is 25.7 Å². The second kappa shape index (κ2) is 9.90. The van der Waals surface area contributed by atoms with Crippen LogP contribution in [0.3, 0.4) is 0 Å². The van der Waals surface area contributed by atoms with Crippen LogP contribution < -0.4 is 10.6 Å². The fourth-order valence-corrected chi connectivity index (χ4v) is 6.42. The number of likely N-dealkylation sites (tertiary alicyclic amines) is 1. The molecule has 3 aliphatic rings. The van der Waals surface area contributed by atoms with Crippen molar-refractivity contribution in [2.45, 2.75) is 83.2 Å². The second-order valence-corrected chi connectivity index (χ2v) is 10.8. The average molecular weight is 486 g/mol. The number of hydrogen-bond donors (Lipinski definition) is 3. The van der Waals surface area contributed by atoms with E-state index in [1.54, 1.807) is 4.90 Å². The number of ether oxygens (including phenoxy) is 1. The van der Waals surface area contributed by atoms with Crippen LogP contribution in [0.1, 0.15) is 58.9 Å². The number of benzene rings is 1. The summed E-state index contributed by atoms with van der Waals surface area (Å²) >= 11 is 0. The molecule has 1 aromatic carbocycles. The van der Waals surface area contributed by atoms with Crippen LogP contribution in [0.4, 0.5) is 0 Å². The zero-order chi connectivity index (χ0) is 25.4. The second-order valence-electron chi connectivity index (χ2n) is 10.8. The van der Waals surface area contributed by atoms with E-state index in [-0.39, 0.29) is 30.2 Å². The van der Waals surface area contributed by atoms with E-state index >= 15 is 0 Å². The van der Waals surface area contributed by atoms with Gasteiger partial charge in [-0.1, -0.05) is 57.5 Å². The lowest BCUT2D eigenvalue weighted by Crippen LogP contribution is -2.59. The van der Waals surface area contributed by atoms with Gasteiger partial charge in [0.2, 0.25) is 17.7 Å². The van der Waals surface area contributed by atoms with Gasteiger partial charge in [0.15, 0.2) is 0 Å². The Morgan fingerprint density at radius 2 is 1.89 bits per heavy atom. The molecule has 1 spiro atoms. The summed E-state index contributed by atoms with van der Waals surface area (Å²) in [6.07, 6.45) is 2.89. The Morgan fingerprint density at radius 3 is 2.51 bits per heavy atom. The van der Waals surface area contributed by atoms with Gasteiger partial charge in [0.25, 0.3) is 0 Å². The molecule has 0 aliphatic carbocycles. The molecule has 0 aromatic heterocycles. The molecule has 0 radical (unpaired) electrons. The molecule has 3 heterocycles. The first kappa shape index (κ1) is 25.6. The van der Waals surface area contributed by atoms with E-state index in [0.29, 0.717) is 25.9 Å². The van der Waals surface area contributed by atoms with E-state index in [1.165, 1.54) is 0 Å². The normalized spacial score (nSPS) is 32.1. The maximum atomic E-state index is 14.0. The largest absolute Gasteiger partial charge is 0.394 e. The molecule has 35 heavy (non-hydrogen) atoms. The number of rotatable bonds is 10. The van der Waals surface area contributed by atoms with Crippen LogP contribution in [0.5, 0.6) is 0 Å². The zero-order valence-corrected chi connectivity index (χ0v) is 21.3. The molecule has 2 unspecified atom stereocenters. The molecule has 3 aliphatic heterocycles. The predicted molar refractivity (Wildman–Crippen MR) is 131 cm³/mol. The maximum absolute atomic E-state index is 14.0. The summed E-state index contributed by atoms with van der Waals surface area (Å²) in [4.78, 5) is 42.7. The average Bonchev–Trinajstić information content (AvgIpc) is 3.40. The van der Waals surface area contributed by atoms with Crippen molar-refractivity contribution in [3.8, 4) is 0 Å². The van der Waals surface area contributed by atoms with Crippen LogP contribution >= 0.6 is 0 Å². The number of carbonyl (C=O) groups excluding carboxylic acids is 3. The van der Waals surface area contributed by atoms with Crippen LogP contribution in [0, 0.1) is 17.8 Å². The highest BCUT2D eigenvalue weighted by atomic mass is 16.5. The highest BCUT2D eigenvalue weighted by Crippen LogP contribution is 2.63. The fraction of sp³-hybridized carbons (Fsp3) is 0.667. The molecule has 4 rings (SSSR count). The number of aliphatic hydroxyl groups excluding tert-OH is 1. The van der Waals surface area contributed by atoms with Crippen molar-refractivity contribution in [1.82, 2.24) is 15.5 Å². The number of nitrogens with zero attached hydrogens (tertiary/aromatic N) is 1. The molecule has 8 nitrogen and oxygen atoms in total. The smallest absolute Gasteiger partial charge is 0.245 e. The lowest BCUT2D eigenvalue weighted by Gasteiger charge is -2.38. The number of nitrogens with one attached hydrogen (secondary N) is 2. The van der Waals surface area contributed by atoms with Crippen LogP contribution in [0.25, 0.3) is 0 Å². The Balaban J connectivity index is 1.67. The lowest BCUT2D eigenvalue weighted by molar-refractivity contribution is -0.150. The van der Waals surface area contributed by atoms with Gasteiger partial charge in [0, 0.05) is 13.1 Å². The molecule has 0 saturated carbocycles. The van der Waals surface area contributed by atoms with E-state index in [2.05, 4.69) is 10.6 Å². The quantitative estimate of drug-likeness (QED) is 0.440. The van der Waals surface area contributed by atoms with Crippen molar-refractivity contribution in [3.05, 3.63) is 35.9 Å². The summed E-state index contributed by atoms with van der Waals surface area (Å²) in [5.41, 5.74) is -0.918. The monoisotopic (exact) mass is 485 g/mol. The first-order valence-electron chi connectivity index (χ1n) is 12.9. The molecule has 6 atom stereocenters. The molecule has 2 bridgehead atoms. The maximum Gasteiger partial charge on any atom is 0.245 e. The van der Waals surface area contributed by atoms with Gasteiger partial charge in [-0.05, 0) is 37.7 Å². The van der Waals surface area contributed by atoms with Crippen molar-refractivity contribution < 1.29 is 24.2 Å².